The standard InChI is InChI=1S/C5H2ClFN2O/c6-4(10)3-1-8-2-9-5(3)7/h1-2H. The van der Waals surface area contributed by atoms with Gasteiger partial charge in [-0.15, -0.1) is 0 Å². The number of carbonyl (C=O) groups excluding carboxylic acids is 1. The third-order valence-electron chi connectivity index (χ3n) is 0.875. The summed E-state index contributed by atoms with van der Waals surface area (Å²) in [4.78, 5) is 16.8. The Morgan fingerprint density at radius 2 is 2.40 bits per heavy atom. The molecule has 3 nitrogen and oxygen atoms in total. The van der Waals surface area contributed by atoms with Crippen LogP contribution in [0.3, 0.4) is 0 Å². The molecule has 0 bridgehead atoms. The van der Waals surface area contributed by atoms with Crippen LogP contribution in [0.2, 0.25) is 0 Å². The quantitative estimate of drug-likeness (QED) is 0.455. The lowest BCUT2D eigenvalue weighted by molar-refractivity contribution is 0.107. The Morgan fingerprint density at radius 1 is 1.70 bits per heavy atom. The smallest absolute Gasteiger partial charge is 0.258 e. The molecule has 52 valence electrons. The van der Waals surface area contributed by atoms with E-state index in [1.54, 1.807) is 0 Å². The van der Waals surface area contributed by atoms with Gasteiger partial charge in [0, 0.05) is 6.20 Å². The van der Waals surface area contributed by atoms with E-state index in [9.17, 15) is 9.18 Å². The summed E-state index contributed by atoms with van der Waals surface area (Å²) in [6.07, 6.45) is 2.02. The van der Waals surface area contributed by atoms with E-state index in [0.717, 1.165) is 12.5 Å². The Balaban J connectivity index is 3.15. The number of halogens is 2. The maximum atomic E-state index is 12.4. The van der Waals surface area contributed by atoms with E-state index >= 15 is 0 Å². The van der Waals surface area contributed by atoms with Crippen LogP contribution in [0.25, 0.3) is 0 Å². The topological polar surface area (TPSA) is 42.9 Å². The van der Waals surface area contributed by atoms with Crippen LogP contribution < -0.4 is 0 Å². The van der Waals surface area contributed by atoms with Gasteiger partial charge in [-0.3, -0.25) is 4.79 Å². The predicted octanol–water partition coefficient (Wildman–Crippen LogP) is 0.995. The minimum Gasteiger partial charge on any atom is -0.275 e. The number of aromatic nitrogens is 2. The first-order valence-electron chi connectivity index (χ1n) is 2.37. The van der Waals surface area contributed by atoms with Gasteiger partial charge in [-0.2, -0.15) is 4.39 Å². The van der Waals surface area contributed by atoms with E-state index in [2.05, 4.69) is 9.97 Å². The monoisotopic (exact) mass is 160 g/mol. The molecule has 1 rings (SSSR count). The van der Waals surface area contributed by atoms with Gasteiger partial charge in [0.1, 0.15) is 11.9 Å². The van der Waals surface area contributed by atoms with Crippen LogP contribution in [0.1, 0.15) is 10.4 Å². The van der Waals surface area contributed by atoms with Crippen molar-refractivity contribution in [1.82, 2.24) is 9.97 Å². The van der Waals surface area contributed by atoms with E-state index in [1.807, 2.05) is 0 Å². The van der Waals surface area contributed by atoms with Crippen molar-refractivity contribution in [2.24, 2.45) is 0 Å². The van der Waals surface area contributed by atoms with Crippen LogP contribution in [-0.2, 0) is 0 Å². The first-order valence-corrected chi connectivity index (χ1v) is 2.75. The summed E-state index contributed by atoms with van der Waals surface area (Å²) in [6.45, 7) is 0. The Morgan fingerprint density at radius 3 is 2.80 bits per heavy atom. The Hall–Kier alpha value is -1.03. The summed E-state index contributed by atoms with van der Waals surface area (Å²) in [5, 5.41) is -0.891. The van der Waals surface area contributed by atoms with E-state index in [-0.39, 0.29) is 5.56 Å². The first-order chi connectivity index (χ1) is 4.72. The summed E-state index contributed by atoms with van der Waals surface area (Å²) in [7, 11) is 0. The lowest BCUT2D eigenvalue weighted by atomic mass is 10.4. The fourth-order valence-electron chi connectivity index (χ4n) is 0.447. The average molecular weight is 161 g/mol. The summed E-state index contributed by atoms with van der Waals surface area (Å²) in [5.41, 5.74) is -0.302. The summed E-state index contributed by atoms with van der Waals surface area (Å²) in [6, 6.07) is 0. The third-order valence-corrected chi connectivity index (χ3v) is 1.08. The van der Waals surface area contributed by atoms with Gasteiger partial charge in [0.25, 0.3) is 5.24 Å². The van der Waals surface area contributed by atoms with Gasteiger partial charge in [-0.25, -0.2) is 9.97 Å². The van der Waals surface area contributed by atoms with Crippen molar-refractivity contribution in [2.45, 2.75) is 0 Å². The van der Waals surface area contributed by atoms with Crippen molar-refractivity contribution >= 4 is 16.8 Å². The molecule has 0 aliphatic rings. The van der Waals surface area contributed by atoms with Crippen molar-refractivity contribution in [2.75, 3.05) is 0 Å². The minimum absolute atomic E-state index is 0.302. The van der Waals surface area contributed by atoms with E-state index < -0.39 is 11.2 Å². The number of carbonyl (C=O) groups is 1. The number of hydrogen-bond acceptors (Lipinski definition) is 3. The van der Waals surface area contributed by atoms with E-state index in [4.69, 9.17) is 11.6 Å². The van der Waals surface area contributed by atoms with Crippen LogP contribution in [0.15, 0.2) is 12.5 Å². The first kappa shape index (κ1) is 7.08. The molecule has 0 unspecified atom stereocenters. The van der Waals surface area contributed by atoms with Crippen molar-refractivity contribution in [3.05, 3.63) is 24.0 Å². The zero-order valence-electron chi connectivity index (χ0n) is 4.71. The lowest BCUT2D eigenvalue weighted by Gasteiger charge is -1.90. The van der Waals surface area contributed by atoms with Crippen LogP contribution in [-0.4, -0.2) is 15.2 Å². The minimum atomic E-state index is -0.894. The highest BCUT2D eigenvalue weighted by atomic mass is 35.5. The van der Waals surface area contributed by atoms with Crippen molar-refractivity contribution in [3.63, 3.8) is 0 Å². The number of hydrogen-bond donors (Lipinski definition) is 0. The number of rotatable bonds is 1. The summed E-state index contributed by atoms with van der Waals surface area (Å²) in [5.74, 6) is -0.894. The molecule has 0 saturated heterocycles. The molecule has 0 aromatic carbocycles. The SMILES string of the molecule is O=C(Cl)c1cncnc1F. The summed E-state index contributed by atoms with van der Waals surface area (Å²) < 4.78 is 12.4. The molecule has 10 heavy (non-hydrogen) atoms. The Labute approximate surface area is 60.9 Å². The van der Waals surface area contributed by atoms with Crippen molar-refractivity contribution in [3.8, 4) is 0 Å². The van der Waals surface area contributed by atoms with E-state index in [1.165, 1.54) is 0 Å². The molecule has 0 N–H and O–H groups in total. The molecule has 0 saturated carbocycles. The van der Waals surface area contributed by atoms with Crippen molar-refractivity contribution in [1.29, 1.82) is 0 Å². The fourth-order valence-corrected chi connectivity index (χ4v) is 0.573. The second kappa shape index (κ2) is 2.70. The van der Waals surface area contributed by atoms with Gasteiger partial charge in [-0.05, 0) is 11.6 Å². The van der Waals surface area contributed by atoms with Crippen LogP contribution in [0.5, 0.6) is 0 Å². The molecule has 1 heterocycles. The van der Waals surface area contributed by atoms with Crippen LogP contribution >= 0.6 is 11.6 Å². The molecule has 1 aromatic rings. The highest BCUT2D eigenvalue weighted by Crippen LogP contribution is 2.03. The zero-order chi connectivity index (χ0) is 7.56. The Kier molecular flexibility index (Phi) is 1.91. The molecule has 0 aliphatic heterocycles. The highest BCUT2D eigenvalue weighted by Gasteiger charge is 2.08. The zero-order valence-corrected chi connectivity index (χ0v) is 5.47. The van der Waals surface area contributed by atoms with Gasteiger partial charge in [-0.1, -0.05) is 0 Å². The molecule has 5 heteroatoms. The van der Waals surface area contributed by atoms with E-state index in [0.29, 0.717) is 0 Å². The highest BCUT2D eigenvalue weighted by molar-refractivity contribution is 6.67. The molecule has 0 spiro atoms. The van der Waals surface area contributed by atoms with Crippen LogP contribution in [0, 0.1) is 5.95 Å². The number of nitrogens with zero attached hydrogens (tertiary/aromatic N) is 2. The van der Waals surface area contributed by atoms with Gasteiger partial charge in [0.2, 0.25) is 5.95 Å². The molecule has 1 aromatic heterocycles. The van der Waals surface area contributed by atoms with Gasteiger partial charge in [0.15, 0.2) is 0 Å². The maximum Gasteiger partial charge on any atom is 0.258 e. The average Bonchev–Trinajstić information content (AvgIpc) is 1.88. The molecule has 0 amide bonds. The second-order valence-electron chi connectivity index (χ2n) is 1.50. The predicted molar refractivity (Wildman–Crippen MR) is 32.2 cm³/mol. The fraction of sp³-hybridized carbons (Fsp3) is 0. The van der Waals surface area contributed by atoms with Gasteiger partial charge >= 0.3 is 0 Å². The van der Waals surface area contributed by atoms with Gasteiger partial charge < -0.3 is 0 Å². The Bertz CT molecular complexity index is 266. The molecule has 0 fully saturated rings. The molecule has 0 radical (unpaired) electrons. The largest absolute Gasteiger partial charge is 0.275 e. The molecular weight excluding hydrogens is 159 g/mol. The van der Waals surface area contributed by atoms with Crippen LogP contribution in [0.4, 0.5) is 4.39 Å². The lowest BCUT2D eigenvalue weighted by Crippen LogP contribution is -1.97. The third kappa shape index (κ3) is 1.27. The normalized spacial score (nSPS) is 9.40. The molecular formula is C5H2ClFN2O. The van der Waals surface area contributed by atoms with Crippen molar-refractivity contribution < 1.29 is 9.18 Å². The molecule has 0 atom stereocenters. The second-order valence-corrected chi connectivity index (χ2v) is 1.84. The maximum absolute atomic E-state index is 12.4. The molecule has 0 aliphatic carbocycles. The summed E-state index contributed by atoms with van der Waals surface area (Å²) >= 11 is 4.95. The van der Waals surface area contributed by atoms with Gasteiger partial charge in [0.05, 0.1) is 0 Å².